The lowest BCUT2D eigenvalue weighted by Crippen LogP contribution is -2.22. The standard InChI is InChI=1S/C14H18N2O/c1-9-5-6-12-10(7-9)13(11(15)8-16-12)14(2,3)17-4/h5-8H,15H2,1-4H3. The minimum atomic E-state index is -0.418. The molecule has 0 fully saturated rings. The van der Waals surface area contributed by atoms with Crippen LogP contribution in [0.15, 0.2) is 24.4 Å². The van der Waals surface area contributed by atoms with E-state index in [9.17, 15) is 0 Å². The monoisotopic (exact) mass is 230 g/mol. The summed E-state index contributed by atoms with van der Waals surface area (Å²) >= 11 is 0. The largest absolute Gasteiger partial charge is 0.397 e. The summed E-state index contributed by atoms with van der Waals surface area (Å²) in [6, 6.07) is 6.17. The molecule has 2 N–H and O–H groups in total. The van der Waals surface area contributed by atoms with Gasteiger partial charge < -0.3 is 10.5 Å². The van der Waals surface area contributed by atoms with Gasteiger partial charge in [0.25, 0.3) is 0 Å². The van der Waals surface area contributed by atoms with Crippen LogP contribution in [0.3, 0.4) is 0 Å². The number of benzene rings is 1. The van der Waals surface area contributed by atoms with Crippen molar-refractivity contribution in [3.8, 4) is 0 Å². The van der Waals surface area contributed by atoms with Gasteiger partial charge in [0, 0.05) is 18.1 Å². The Hall–Kier alpha value is -1.61. The molecule has 0 aliphatic carbocycles. The summed E-state index contributed by atoms with van der Waals surface area (Å²) in [6.45, 7) is 6.09. The molecule has 2 aromatic rings. The minimum absolute atomic E-state index is 0.418. The summed E-state index contributed by atoms with van der Waals surface area (Å²) in [7, 11) is 1.70. The number of hydrogen-bond donors (Lipinski definition) is 1. The quantitative estimate of drug-likeness (QED) is 0.862. The highest BCUT2D eigenvalue weighted by molar-refractivity contribution is 5.87. The average molecular weight is 230 g/mol. The van der Waals surface area contributed by atoms with Gasteiger partial charge in [0.05, 0.1) is 23.0 Å². The van der Waals surface area contributed by atoms with Crippen LogP contribution >= 0.6 is 0 Å². The van der Waals surface area contributed by atoms with Crippen molar-refractivity contribution in [2.24, 2.45) is 0 Å². The molecule has 0 bridgehead atoms. The first kappa shape index (κ1) is 11.9. The van der Waals surface area contributed by atoms with Gasteiger partial charge in [-0.25, -0.2) is 0 Å². The first-order valence-corrected chi connectivity index (χ1v) is 5.66. The predicted octanol–water partition coefficient (Wildman–Crippen LogP) is 3.01. The Morgan fingerprint density at radius 1 is 1.29 bits per heavy atom. The number of aryl methyl sites for hydroxylation is 1. The molecule has 17 heavy (non-hydrogen) atoms. The number of nitrogens with two attached hydrogens (primary N) is 1. The number of ether oxygens (including phenoxy) is 1. The summed E-state index contributed by atoms with van der Waals surface area (Å²) in [5.74, 6) is 0. The van der Waals surface area contributed by atoms with Crippen LogP contribution in [-0.2, 0) is 10.3 Å². The van der Waals surface area contributed by atoms with Crippen molar-refractivity contribution in [1.29, 1.82) is 0 Å². The van der Waals surface area contributed by atoms with Gasteiger partial charge in [0.1, 0.15) is 0 Å². The second kappa shape index (κ2) is 4.00. The van der Waals surface area contributed by atoms with Crippen molar-refractivity contribution < 1.29 is 4.74 Å². The third kappa shape index (κ3) is 1.98. The van der Waals surface area contributed by atoms with Crippen LogP contribution in [0.4, 0.5) is 5.69 Å². The molecule has 2 rings (SSSR count). The Morgan fingerprint density at radius 2 is 2.00 bits per heavy atom. The Labute approximate surface area is 102 Å². The number of nitrogens with zero attached hydrogens (tertiary/aromatic N) is 1. The molecule has 0 spiro atoms. The maximum atomic E-state index is 6.06. The van der Waals surface area contributed by atoms with Gasteiger partial charge in [-0.3, -0.25) is 4.98 Å². The van der Waals surface area contributed by atoms with Gasteiger partial charge in [0.15, 0.2) is 0 Å². The number of nitrogen functional groups attached to an aromatic ring is 1. The molecular weight excluding hydrogens is 212 g/mol. The summed E-state index contributed by atoms with van der Waals surface area (Å²) in [6.07, 6.45) is 1.70. The average Bonchev–Trinajstić information content (AvgIpc) is 2.28. The second-order valence-corrected chi connectivity index (χ2v) is 4.82. The SMILES string of the molecule is COC(C)(C)c1c(N)cnc2ccc(C)cc12. The zero-order valence-electron chi connectivity index (χ0n) is 10.7. The molecule has 0 aliphatic rings. The van der Waals surface area contributed by atoms with Crippen LogP contribution in [-0.4, -0.2) is 12.1 Å². The second-order valence-electron chi connectivity index (χ2n) is 4.82. The van der Waals surface area contributed by atoms with E-state index in [1.807, 2.05) is 19.9 Å². The molecule has 0 saturated carbocycles. The Bertz CT molecular complexity index is 556. The topological polar surface area (TPSA) is 48.1 Å². The highest BCUT2D eigenvalue weighted by Crippen LogP contribution is 2.34. The molecule has 0 saturated heterocycles. The highest BCUT2D eigenvalue weighted by atomic mass is 16.5. The van der Waals surface area contributed by atoms with Crippen LogP contribution in [0.1, 0.15) is 25.0 Å². The van der Waals surface area contributed by atoms with Gasteiger partial charge in [-0.15, -0.1) is 0 Å². The van der Waals surface area contributed by atoms with Gasteiger partial charge >= 0.3 is 0 Å². The molecule has 1 aromatic heterocycles. The number of anilines is 1. The molecular formula is C14H18N2O. The molecule has 1 heterocycles. The number of hydrogen-bond acceptors (Lipinski definition) is 3. The van der Waals surface area contributed by atoms with Crippen molar-refractivity contribution in [2.45, 2.75) is 26.4 Å². The number of rotatable bonds is 2. The van der Waals surface area contributed by atoms with Gasteiger partial charge in [-0.1, -0.05) is 11.6 Å². The number of pyridine rings is 1. The third-order valence-electron chi connectivity index (χ3n) is 3.17. The van der Waals surface area contributed by atoms with Gasteiger partial charge in [-0.05, 0) is 32.9 Å². The van der Waals surface area contributed by atoms with E-state index in [1.54, 1.807) is 13.3 Å². The molecule has 0 amide bonds. The molecule has 0 unspecified atom stereocenters. The van der Waals surface area contributed by atoms with E-state index in [4.69, 9.17) is 10.5 Å². The first-order valence-electron chi connectivity index (χ1n) is 5.66. The third-order valence-corrected chi connectivity index (χ3v) is 3.17. The van der Waals surface area contributed by atoms with E-state index >= 15 is 0 Å². The minimum Gasteiger partial charge on any atom is -0.397 e. The first-order chi connectivity index (χ1) is 7.95. The van der Waals surface area contributed by atoms with E-state index in [2.05, 4.69) is 24.0 Å². The summed E-state index contributed by atoms with van der Waals surface area (Å²) < 4.78 is 5.54. The van der Waals surface area contributed by atoms with Crippen molar-refractivity contribution >= 4 is 16.6 Å². The van der Waals surface area contributed by atoms with E-state index in [0.29, 0.717) is 5.69 Å². The van der Waals surface area contributed by atoms with E-state index in [-0.39, 0.29) is 0 Å². The van der Waals surface area contributed by atoms with Crippen LogP contribution in [0.25, 0.3) is 10.9 Å². The summed E-state index contributed by atoms with van der Waals surface area (Å²) in [5.41, 5.74) is 9.46. The van der Waals surface area contributed by atoms with Crippen molar-refractivity contribution in [2.75, 3.05) is 12.8 Å². The molecule has 3 nitrogen and oxygen atoms in total. The lowest BCUT2D eigenvalue weighted by molar-refractivity contribution is 0.0211. The van der Waals surface area contributed by atoms with Crippen molar-refractivity contribution in [3.63, 3.8) is 0 Å². The summed E-state index contributed by atoms with van der Waals surface area (Å²) in [5, 5.41) is 1.07. The van der Waals surface area contributed by atoms with E-state index < -0.39 is 5.60 Å². The predicted molar refractivity (Wildman–Crippen MR) is 70.9 cm³/mol. The van der Waals surface area contributed by atoms with Crippen molar-refractivity contribution in [3.05, 3.63) is 35.5 Å². The zero-order valence-corrected chi connectivity index (χ0v) is 10.7. The highest BCUT2D eigenvalue weighted by Gasteiger charge is 2.25. The molecule has 1 aromatic carbocycles. The maximum absolute atomic E-state index is 6.06. The molecule has 90 valence electrons. The van der Waals surface area contributed by atoms with Crippen LogP contribution in [0.5, 0.6) is 0 Å². The number of fused-ring (bicyclic) bond motifs is 1. The Kier molecular flexibility index (Phi) is 2.79. The molecule has 0 aliphatic heterocycles. The molecule has 0 radical (unpaired) electrons. The smallest absolute Gasteiger partial charge is 0.0898 e. The number of aromatic nitrogens is 1. The Balaban J connectivity index is 2.84. The normalized spacial score (nSPS) is 12.0. The number of methoxy groups -OCH3 is 1. The van der Waals surface area contributed by atoms with Crippen LogP contribution in [0.2, 0.25) is 0 Å². The molecule has 0 atom stereocenters. The summed E-state index contributed by atoms with van der Waals surface area (Å²) in [4.78, 5) is 4.35. The lowest BCUT2D eigenvalue weighted by Gasteiger charge is -2.26. The van der Waals surface area contributed by atoms with Crippen LogP contribution < -0.4 is 5.73 Å². The van der Waals surface area contributed by atoms with Gasteiger partial charge in [0.2, 0.25) is 0 Å². The maximum Gasteiger partial charge on any atom is 0.0898 e. The zero-order chi connectivity index (χ0) is 12.6. The lowest BCUT2D eigenvalue weighted by atomic mass is 9.92. The fraction of sp³-hybridized carbons (Fsp3) is 0.357. The molecule has 3 heteroatoms. The van der Waals surface area contributed by atoms with Gasteiger partial charge in [-0.2, -0.15) is 0 Å². The Morgan fingerprint density at radius 3 is 2.65 bits per heavy atom. The fourth-order valence-corrected chi connectivity index (χ4v) is 2.10. The van der Waals surface area contributed by atoms with E-state index in [0.717, 1.165) is 16.5 Å². The fourth-order valence-electron chi connectivity index (χ4n) is 2.10. The van der Waals surface area contributed by atoms with Crippen molar-refractivity contribution in [1.82, 2.24) is 4.98 Å². The van der Waals surface area contributed by atoms with E-state index in [1.165, 1.54) is 5.56 Å². The van der Waals surface area contributed by atoms with Crippen LogP contribution in [0, 0.1) is 6.92 Å².